The summed E-state index contributed by atoms with van der Waals surface area (Å²) in [7, 11) is 2.04. The van der Waals surface area contributed by atoms with Gasteiger partial charge in [0.1, 0.15) is 12.4 Å². The van der Waals surface area contributed by atoms with Crippen LogP contribution in [0.2, 0.25) is 0 Å². The Morgan fingerprint density at radius 2 is 2.29 bits per heavy atom. The molecule has 14 heavy (non-hydrogen) atoms. The molecule has 0 fully saturated rings. The fourth-order valence-electron chi connectivity index (χ4n) is 0.789. The molecule has 1 aromatic rings. The van der Waals surface area contributed by atoms with Gasteiger partial charge in [0.15, 0.2) is 0 Å². The number of H-pyrrole nitrogens is 1. The Morgan fingerprint density at radius 1 is 1.79 bits per heavy atom. The van der Waals surface area contributed by atoms with Gasteiger partial charge in [-0.3, -0.25) is 0 Å². The highest BCUT2D eigenvalue weighted by Crippen LogP contribution is 1.82. The summed E-state index contributed by atoms with van der Waals surface area (Å²) in [6.07, 6.45) is 3.69. The van der Waals surface area contributed by atoms with E-state index in [-0.39, 0.29) is 0 Å². The van der Waals surface area contributed by atoms with Crippen LogP contribution in [0.15, 0.2) is 12.4 Å². The molecule has 0 aliphatic heterocycles. The number of aryl methyl sites for hydroxylation is 2. The lowest BCUT2D eigenvalue weighted by molar-refractivity contribution is -0.677. The molecule has 0 amide bonds. The summed E-state index contributed by atoms with van der Waals surface area (Å²) < 4.78 is 2.08. The highest BCUT2D eigenvalue weighted by molar-refractivity contribution is 5.68. The minimum absolute atomic E-state index is 1.07. The van der Waals surface area contributed by atoms with Crippen molar-refractivity contribution in [1.82, 2.24) is 4.98 Å². The van der Waals surface area contributed by atoms with Gasteiger partial charge < -0.3 is 15.0 Å². The van der Waals surface area contributed by atoms with Crippen LogP contribution in [0.4, 0.5) is 0 Å². The van der Waals surface area contributed by atoms with E-state index in [1.54, 1.807) is 0 Å². The Bertz CT molecular complexity index is 281. The van der Waals surface area contributed by atoms with Crippen LogP contribution in [-0.2, 0) is 18.3 Å². The lowest BCUT2D eigenvalue weighted by Gasteiger charge is -2.00. The second-order valence-electron chi connectivity index (χ2n) is 2.87. The third kappa shape index (κ3) is 4.61. The Labute approximate surface area is 83.0 Å². The Morgan fingerprint density at radius 3 is 2.43 bits per heavy atom. The van der Waals surface area contributed by atoms with Crippen LogP contribution >= 0.6 is 0 Å². The highest BCUT2D eigenvalue weighted by atomic mass is 16.4. The van der Waals surface area contributed by atoms with Crippen LogP contribution in [0, 0.1) is 0 Å². The number of carbonyl (C=O) groups is 1. The van der Waals surface area contributed by atoms with Crippen LogP contribution in [0.5, 0.6) is 0 Å². The second kappa shape index (κ2) is 6.15. The first kappa shape index (κ1) is 12.6. The molecule has 0 aliphatic carbocycles. The predicted octanol–water partition coefficient (Wildman–Crippen LogP) is -1.48. The van der Waals surface area contributed by atoms with Gasteiger partial charge in [-0.05, 0) is 6.92 Å². The first-order valence-corrected chi connectivity index (χ1v) is 4.39. The van der Waals surface area contributed by atoms with E-state index in [1.807, 2.05) is 19.4 Å². The van der Waals surface area contributed by atoms with Gasteiger partial charge in [0, 0.05) is 6.42 Å². The minimum Gasteiger partial charge on any atom is -0.547 e. The molecule has 0 radical (unpaired) electrons. The molecule has 5 heteroatoms. The molecule has 1 aromatic heterocycles. The maximum Gasteiger partial charge on any atom is 0.253 e. The summed E-state index contributed by atoms with van der Waals surface area (Å²) >= 11 is 0. The van der Waals surface area contributed by atoms with Crippen LogP contribution in [-0.4, -0.2) is 22.2 Å². The monoisotopic (exact) mass is 200 g/mol. The zero-order chi connectivity index (χ0) is 11.1. The molecular weight excluding hydrogens is 184 g/mol. The standard InChI is InChI=1S/C6H10N2.C3H6O3/c1-3-6-7-4-5-8(6)2;1-2(4)3(5)6/h4-5H,3H2,1-2H3;2,4H,1H3,(H,5,6). The number of aliphatic hydroxyl groups excluding tert-OH is 1. The zero-order valence-corrected chi connectivity index (χ0v) is 8.65. The number of carboxylic acid groups (broad SMARTS) is 1. The largest absolute Gasteiger partial charge is 0.547 e. The van der Waals surface area contributed by atoms with Crippen molar-refractivity contribution in [3.63, 3.8) is 0 Å². The van der Waals surface area contributed by atoms with Crippen molar-refractivity contribution in [3.05, 3.63) is 18.2 Å². The van der Waals surface area contributed by atoms with Crippen molar-refractivity contribution in [3.8, 4) is 0 Å². The molecule has 1 rings (SSSR count). The Kier molecular flexibility index (Phi) is 5.55. The van der Waals surface area contributed by atoms with E-state index in [4.69, 9.17) is 5.11 Å². The van der Waals surface area contributed by atoms with Crippen LogP contribution in [0.25, 0.3) is 0 Å². The first-order chi connectivity index (χ1) is 6.49. The summed E-state index contributed by atoms with van der Waals surface area (Å²) in [5.41, 5.74) is 0. The summed E-state index contributed by atoms with van der Waals surface area (Å²) in [5, 5.41) is 17.3. The van der Waals surface area contributed by atoms with Crippen molar-refractivity contribution in [2.45, 2.75) is 26.4 Å². The molecule has 5 nitrogen and oxygen atoms in total. The molecule has 0 aliphatic rings. The smallest absolute Gasteiger partial charge is 0.253 e. The second-order valence-corrected chi connectivity index (χ2v) is 2.87. The molecule has 1 heterocycles. The predicted molar refractivity (Wildman–Crippen MR) is 48.0 cm³/mol. The highest BCUT2D eigenvalue weighted by Gasteiger charge is 1.99. The lowest BCUT2D eigenvalue weighted by Crippen LogP contribution is -2.32. The number of aromatic amines is 1. The molecule has 0 spiro atoms. The van der Waals surface area contributed by atoms with Gasteiger partial charge in [-0.15, -0.1) is 0 Å². The third-order valence-corrected chi connectivity index (χ3v) is 1.65. The molecule has 2 N–H and O–H groups in total. The van der Waals surface area contributed by atoms with E-state index in [0.29, 0.717) is 0 Å². The van der Waals surface area contributed by atoms with E-state index < -0.39 is 12.1 Å². The van der Waals surface area contributed by atoms with Crippen molar-refractivity contribution < 1.29 is 19.6 Å². The quantitative estimate of drug-likeness (QED) is 0.571. The number of aliphatic carboxylic acids is 1. The Hall–Kier alpha value is -1.36. The van der Waals surface area contributed by atoms with Gasteiger partial charge in [0.05, 0.1) is 19.1 Å². The average molecular weight is 200 g/mol. The first-order valence-electron chi connectivity index (χ1n) is 4.39. The fourth-order valence-corrected chi connectivity index (χ4v) is 0.789. The van der Waals surface area contributed by atoms with E-state index in [9.17, 15) is 9.90 Å². The molecule has 0 saturated carbocycles. The number of carboxylic acids is 1. The van der Waals surface area contributed by atoms with Gasteiger partial charge in [-0.2, -0.15) is 0 Å². The fraction of sp³-hybridized carbons (Fsp3) is 0.556. The number of imidazole rings is 1. The van der Waals surface area contributed by atoms with Crippen molar-refractivity contribution in [1.29, 1.82) is 0 Å². The van der Waals surface area contributed by atoms with Gasteiger partial charge in [0.25, 0.3) is 5.82 Å². The van der Waals surface area contributed by atoms with Gasteiger partial charge in [-0.1, -0.05) is 6.92 Å². The molecular formula is C9H16N2O3. The van der Waals surface area contributed by atoms with E-state index >= 15 is 0 Å². The summed E-state index contributed by atoms with van der Waals surface area (Å²) in [5.74, 6) is -0.167. The normalized spacial score (nSPS) is 11.4. The van der Waals surface area contributed by atoms with Gasteiger partial charge >= 0.3 is 0 Å². The molecule has 0 saturated heterocycles. The van der Waals surface area contributed by atoms with Crippen molar-refractivity contribution in [2.24, 2.45) is 7.05 Å². The minimum atomic E-state index is -1.44. The number of aromatic nitrogens is 2. The third-order valence-electron chi connectivity index (χ3n) is 1.65. The topological polar surface area (TPSA) is 80.0 Å². The number of hydrogen-bond donors (Lipinski definition) is 2. The molecule has 0 aromatic carbocycles. The molecule has 1 atom stereocenters. The number of carbonyl (C=O) groups excluding carboxylic acids is 1. The zero-order valence-electron chi connectivity index (χ0n) is 8.65. The summed E-state index contributed by atoms with van der Waals surface area (Å²) in [4.78, 5) is 12.5. The van der Waals surface area contributed by atoms with E-state index in [0.717, 1.165) is 13.3 Å². The number of nitrogens with one attached hydrogen (secondary N) is 1. The number of rotatable bonds is 2. The number of nitrogens with zero attached hydrogens (tertiary/aromatic N) is 1. The molecule has 0 bridgehead atoms. The molecule has 1 unspecified atom stereocenters. The SMILES string of the molecule is CC(O)C(=O)[O-].CCc1[nH]cc[n+]1C. The maximum absolute atomic E-state index is 9.34. The van der Waals surface area contributed by atoms with E-state index in [1.165, 1.54) is 5.82 Å². The maximum atomic E-state index is 9.34. The number of hydrogen-bond acceptors (Lipinski definition) is 3. The van der Waals surface area contributed by atoms with Crippen LogP contribution in [0.3, 0.4) is 0 Å². The van der Waals surface area contributed by atoms with Gasteiger partial charge in [-0.25, -0.2) is 9.55 Å². The van der Waals surface area contributed by atoms with Crippen molar-refractivity contribution >= 4 is 5.97 Å². The molecule has 80 valence electrons. The lowest BCUT2D eigenvalue weighted by atomic mass is 10.4. The average Bonchev–Trinajstić information content (AvgIpc) is 2.51. The summed E-state index contributed by atoms with van der Waals surface area (Å²) in [6.45, 7) is 3.27. The Balaban J connectivity index is 0.000000255. The van der Waals surface area contributed by atoms with Crippen LogP contribution < -0.4 is 9.67 Å². The van der Waals surface area contributed by atoms with Gasteiger partial charge in [0.2, 0.25) is 0 Å². The van der Waals surface area contributed by atoms with Crippen molar-refractivity contribution in [2.75, 3.05) is 0 Å². The van der Waals surface area contributed by atoms with E-state index in [2.05, 4.69) is 16.5 Å². The number of aliphatic hydroxyl groups is 1. The summed E-state index contributed by atoms with van der Waals surface area (Å²) in [6, 6.07) is 0. The van der Waals surface area contributed by atoms with Crippen LogP contribution in [0.1, 0.15) is 19.7 Å².